The van der Waals surface area contributed by atoms with Crippen LogP contribution in [0.15, 0.2) is 22.9 Å². The Balaban J connectivity index is 2.18. The smallest absolute Gasteiger partial charge is 0.0413 e. The minimum absolute atomic E-state index is 0.658. The summed E-state index contributed by atoms with van der Waals surface area (Å²) in [5.74, 6) is 0.658. The van der Waals surface area contributed by atoms with Crippen molar-refractivity contribution in [3.63, 3.8) is 0 Å². The molecule has 1 fully saturated rings. The molecule has 1 N–H and O–H groups in total. The minimum atomic E-state index is 0.658. The number of halogens is 1. The first-order valence-electron chi connectivity index (χ1n) is 4.68. The highest BCUT2D eigenvalue weighted by atomic mass is 79.9. The maximum Gasteiger partial charge on any atom is 0.0413 e. The molecule has 0 bridgehead atoms. The fourth-order valence-corrected chi connectivity index (χ4v) is 2.41. The third-order valence-electron chi connectivity index (χ3n) is 2.54. The molecule has 13 heavy (non-hydrogen) atoms. The summed E-state index contributed by atoms with van der Waals surface area (Å²) >= 11 is 3.54. The second-order valence-corrected chi connectivity index (χ2v) is 4.29. The average Bonchev–Trinajstić information content (AvgIpc) is 2.20. The van der Waals surface area contributed by atoms with Crippen LogP contribution in [-0.2, 0) is 0 Å². The van der Waals surface area contributed by atoms with Gasteiger partial charge in [0.25, 0.3) is 0 Å². The van der Waals surface area contributed by atoms with Crippen LogP contribution in [0, 0.1) is 0 Å². The Labute approximate surface area is 86.9 Å². The molecule has 1 atom stereocenters. The molecular weight excluding hydrogens is 228 g/mol. The number of pyridine rings is 1. The van der Waals surface area contributed by atoms with E-state index in [1.807, 2.05) is 12.4 Å². The molecule has 70 valence electrons. The van der Waals surface area contributed by atoms with Gasteiger partial charge in [0.1, 0.15) is 0 Å². The van der Waals surface area contributed by atoms with Gasteiger partial charge in [0.2, 0.25) is 0 Å². The van der Waals surface area contributed by atoms with Gasteiger partial charge < -0.3 is 5.32 Å². The van der Waals surface area contributed by atoms with Crippen LogP contribution in [0.3, 0.4) is 0 Å². The standard InChI is InChI=1S/C10H13BrN2/c11-10-7-13-5-3-9(10)8-2-1-4-12-6-8/h3,5,7-8,12H,1-2,4,6H2. The predicted molar refractivity (Wildman–Crippen MR) is 56.8 cm³/mol. The van der Waals surface area contributed by atoms with Gasteiger partial charge in [0.15, 0.2) is 0 Å². The van der Waals surface area contributed by atoms with E-state index in [2.05, 4.69) is 32.3 Å². The number of piperidine rings is 1. The zero-order chi connectivity index (χ0) is 9.10. The highest BCUT2D eigenvalue weighted by Gasteiger charge is 2.16. The highest BCUT2D eigenvalue weighted by Crippen LogP contribution is 2.28. The average molecular weight is 241 g/mol. The van der Waals surface area contributed by atoms with E-state index in [1.165, 1.54) is 24.9 Å². The fourth-order valence-electron chi connectivity index (χ4n) is 1.83. The number of aromatic nitrogens is 1. The normalized spacial score (nSPS) is 23.0. The molecule has 1 aromatic rings. The Morgan fingerprint density at radius 3 is 3.15 bits per heavy atom. The number of nitrogens with zero attached hydrogens (tertiary/aromatic N) is 1. The van der Waals surface area contributed by atoms with Crippen LogP contribution in [0.25, 0.3) is 0 Å². The summed E-state index contributed by atoms with van der Waals surface area (Å²) in [6.45, 7) is 2.27. The van der Waals surface area contributed by atoms with Gasteiger partial charge in [-0.15, -0.1) is 0 Å². The van der Waals surface area contributed by atoms with Crippen molar-refractivity contribution in [1.29, 1.82) is 0 Å². The molecule has 2 heterocycles. The third-order valence-corrected chi connectivity index (χ3v) is 3.20. The van der Waals surface area contributed by atoms with Gasteiger partial charge in [0.05, 0.1) is 0 Å². The quantitative estimate of drug-likeness (QED) is 0.816. The third kappa shape index (κ3) is 2.09. The van der Waals surface area contributed by atoms with Crippen molar-refractivity contribution >= 4 is 15.9 Å². The van der Waals surface area contributed by atoms with E-state index in [0.29, 0.717) is 5.92 Å². The Bertz CT molecular complexity index is 282. The van der Waals surface area contributed by atoms with Gasteiger partial charge in [-0.3, -0.25) is 4.98 Å². The van der Waals surface area contributed by atoms with E-state index in [9.17, 15) is 0 Å². The molecule has 1 saturated heterocycles. The summed E-state index contributed by atoms with van der Waals surface area (Å²) in [4.78, 5) is 4.07. The van der Waals surface area contributed by atoms with Crippen LogP contribution in [0.2, 0.25) is 0 Å². The molecule has 0 radical (unpaired) electrons. The van der Waals surface area contributed by atoms with Crippen molar-refractivity contribution in [2.45, 2.75) is 18.8 Å². The lowest BCUT2D eigenvalue weighted by Gasteiger charge is -2.23. The Morgan fingerprint density at radius 2 is 2.46 bits per heavy atom. The molecule has 0 amide bonds. The number of rotatable bonds is 1. The molecule has 3 heteroatoms. The minimum Gasteiger partial charge on any atom is -0.316 e. The molecule has 1 aliphatic rings. The van der Waals surface area contributed by atoms with Crippen molar-refractivity contribution in [1.82, 2.24) is 10.3 Å². The van der Waals surface area contributed by atoms with Gasteiger partial charge in [-0.05, 0) is 52.9 Å². The molecule has 0 aliphatic carbocycles. The van der Waals surface area contributed by atoms with Crippen LogP contribution in [0.4, 0.5) is 0 Å². The van der Waals surface area contributed by atoms with Crippen molar-refractivity contribution < 1.29 is 0 Å². The summed E-state index contributed by atoms with van der Waals surface area (Å²) in [7, 11) is 0. The van der Waals surface area contributed by atoms with Gasteiger partial charge in [-0.1, -0.05) is 0 Å². The van der Waals surface area contributed by atoms with E-state index >= 15 is 0 Å². The zero-order valence-corrected chi connectivity index (χ0v) is 9.05. The van der Waals surface area contributed by atoms with Crippen molar-refractivity contribution in [2.24, 2.45) is 0 Å². The predicted octanol–water partition coefficient (Wildman–Crippen LogP) is 2.31. The van der Waals surface area contributed by atoms with Gasteiger partial charge >= 0.3 is 0 Å². The SMILES string of the molecule is Brc1cnccc1C1CCCNC1. The molecular formula is C10H13BrN2. The first-order valence-corrected chi connectivity index (χ1v) is 5.47. The molecule has 1 unspecified atom stereocenters. The van der Waals surface area contributed by atoms with E-state index in [-0.39, 0.29) is 0 Å². The maximum atomic E-state index is 4.07. The van der Waals surface area contributed by atoms with Crippen LogP contribution in [-0.4, -0.2) is 18.1 Å². The lowest BCUT2D eigenvalue weighted by Crippen LogP contribution is -2.28. The largest absolute Gasteiger partial charge is 0.316 e. The van der Waals surface area contributed by atoms with Crippen LogP contribution >= 0.6 is 15.9 Å². The Hall–Kier alpha value is -0.410. The molecule has 1 aromatic heterocycles. The Morgan fingerprint density at radius 1 is 1.54 bits per heavy atom. The molecule has 0 saturated carbocycles. The van der Waals surface area contributed by atoms with E-state index in [1.54, 1.807) is 0 Å². The van der Waals surface area contributed by atoms with Crippen LogP contribution in [0.5, 0.6) is 0 Å². The number of nitrogens with one attached hydrogen (secondary N) is 1. The lowest BCUT2D eigenvalue weighted by atomic mass is 9.92. The van der Waals surface area contributed by atoms with Gasteiger partial charge in [-0.2, -0.15) is 0 Å². The monoisotopic (exact) mass is 240 g/mol. The first kappa shape index (κ1) is 9.16. The first-order chi connectivity index (χ1) is 6.38. The number of hydrogen-bond acceptors (Lipinski definition) is 2. The fraction of sp³-hybridized carbons (Fsp3) is 0.500. The van der Waals surface area contributed by atoms with Gasteiger partial charge in [-0.25, -0.2) is 0 Å². The number of hydrogen-bond donors (Lipinski definition) is 1. The summed E-state index contributed by atoms with van der Waals surface area (Å²) in [5, 5.41) is 3.42. The van der Waals surface area contributed by atoms with Crippen LogP contribution in [0.1, 0.15) is 24.3 Å². The Kier molecular flexibility index (Phi) is 2.96. The van der Waals surface area contributed by atoms with Crippen molar-refractivity contribution in [3.05, 3.63) is 28.5 Å². The summed E-state index contributed by atoms with van der Waals surface area (Å²) in [5.41, 5.74) is 1.39. The summed E-state index contributed by atoms with van der Waals surface area (Å²) in [6.07, 6.45) is 6.31. The zero-order valence-electron chi connectivity index (χ0n) is 7.46. The maximum absolute atomic E-state index is 4.07. The summed E-state index contributed by atoms with van der Waals surface area (Å²) < 4.78 is 1.14. The second-order valence-electron chi connectivity index (χ2n) is 3.44. The summed E-state index contributed by atoms with van der Waals surface area (Å²) in [6, 6.07) is 2.11. The van der Waals surface area contributed by atoms with E-state index in [4.69, 9.17) is 0 Å². The molecule has 0 aromatic carbocycles. The van der Waals surface area contributed by atoms with E-state index in [0.717, 1.165) is 11.0 Å². The van der Waals surface area contributed by atoms with E-state index < -0.39 is 0 Å². The van der Waals surface area contributed by atoms with Gasteiger partial charge in [0, 0.05) is 23.4 Å². The topological polar surface area (TPSA) is 24.9 Å². The van der Waals surface area contributed by atoms with Crippen molar-refractivity contribution in [2.75, 3.05) is 13.1 Å². The molecule has 0 spiro atoms. The lowest BCUT2D eigenvalue weighted by molar-refractivity contribution is 0.460. The molecule has 1 aliphatic heterocycles. The molecule has 2 nitrogen and oxygen atoms in total. The molecule has 2 rings (SSSR count). The second kappa shape index (κ2) is 4.20. The highest BCUT2D eigenvalue weighted by molar-refractivity contribution is 9.10. The van der Waals surface area contributed by atoms with Crippen LogP contribution < -0.4 is 5.32 Å². The van der Waals surface area contributed by atoms with Crippen molar-refractivity contribution in [3.8, 4) is 0 Å².